The average molecular weight is 289 g/mol. The molecule has 1 aromatic rings. The monoisotopic (exact) mass is 289 g/mol. The lowest BCUT2D eigenvalue weighted by Gasteiger charge is -2.38. The summed E-state index contributed by atoms with van der Waals surface area (Å²) in [4.78, 5) is 14.3. The van der Waals surface area contributed by atoms with Crippen molar-refractivity contribution in [1.29, 1.82) is 0 Å². The maximum atomic E-state index is 12.0. The van der Waals surface area contributed by atoms with E-state index in [4.69, 9.17) is 4.74 Å². The van der Waals surface area contributed by atoms with Crippen LogP contribution in [0.4, 0.5) is 0 Å². The second kappa shape index (κ2) is 6.56. The van der Waals surface area contributed by atoms with Gasteiger partial charge in [0.15, 0.2) is 0 Å². The van der Waals surface area contributed by atoms with E-state index in [0.29, 0.717) is 6.54 Å². The predicted octanol–water partition coefficient (Wildman–Crippen LogP) is 0.320. The molecule has 1 fully saturated rings. The summed E-state index contributed by atoms with van der Waals surface area (Å²) in [6.45, 7) is 4.03. The van der Waals surface area contributed by atoms with E-state index in [0.717, 1.165) is 32.7 Å². The molecule has 1 saturated heterocycles. The van der Waals surface area contributed by atoms with Crippen LogP contribution in [0.5, 0.6) is 0 Å². The number of carbonyl (C=O) groups excluding carboxylic acids is 1. The summed E-state index contributed by atoms with van der Waals surface area (Å²) >= 11 is 0. The van der Waals surface area contributed by atoms with E-state index in [9.17, 15) is 4.79 Å². The molecular weight excluding hydrogens is 266 g/mol. The van der Waals surface area contributed by atoms with Crippen molar-refractivity contribution >= 4 is 5.91 Å². The number of hydrogen-bond donors (Lipinski definition) is 2. The van der Waals surface area contributed by atoms with E-state index in [2.05, 4.69) is 39.8 Å². The molecule has 2 aliphatic heterocycles. The summed E-state index contributed by atoms with van der Waals surface area (Å²) < 4.78 is 5.98. The van der Waals surface area contributed by atoms with Crippen LogP contribution < -0.4 is 10.6 Å². The smallest absolute Gasteiger partial charge is 0.238 e. The van der Waals surface area contributed by atoms with Gasteiger partial charge in [0.25, 0.3) is 0 Å². The van der Waals surface area contributed by atoms with Crippen LogP contribution in [0.1, 0.15) is 17.2 Å². The zero-order chi connectivity index (χ0) is 14.7. The highest BCUT2D eigenvalue weighted by Crippen LogP contribution is 2.28. The lowest BCUT2D eigenvalue weighted by Crippen LogP contribution is -2.58. The molecule has 5 nitrogen and oxygen atoms in total. The molecule has 0 radical (unpaired) electrons. The number of carbonyl (C=O) groups is 1. The molecule has 0 aromatic heterocycles. The topological polar surface area (TPSA) is 53.6 Å². The van der Waals surface area contributed by atoms with Crippen LogP contribution in [0.25, 0.3) is 0 Å². The molecule has 2 heterocycles. The molecule has 3 rings (SSSR count). The van der Waals surface area contributed by atoms with Gasteiger partial charge in [0.05, 0.1) is 12.7 Å². The Morgan fingerprint density at radius 2 is 2.33 bits per heavy atom. The van der Waals surface area contributed by atoms with Gasteiger partial charge in [-0.25, -0.2) is 0 Å². The quantitative estimate of drug-likeness (QED) is 0.841. The molecule has 2 N–H and O–H groups in total. The Morgan fingerprint density at radius 1 is 1.48 bits per heavy atom. The highest BCUT2D eigenvalue weighted by atomic mass is 16.5. The second-order valence-electron chi connectivity index (χ2n) is 5.64. The first-order chi connectivity index (χ1) is 10.3. The number of benzene rings is 1. The molecule has 2 unspecified atom stereocenters. The number of fused-ring (bicyclic) bond motifs is 1. The first kappa shape index (κ1) is 14.5. The number of nitrogens with zero attached hydrogens (tertiary/aromatic N) is 1. The molecular formula is C16H23N3O2. The van der Waals surface area contributed by atoms with Crippen LogP contribution in [0.2, 0.25) is 0 Å². The van der Waals surface area contributed by atoms with Gasteiger partial charge in [-0.15, -0.1) is 0 Å². The molecule has 21 heavy (non-hydrogen) atoms. The SMILES string of the molecule is CNC(=O)C1CNCCN1CC1OCCc2ccccc21. The molecule has 1 amide bonds. The number of nitrogens with one attached hydrogen (secondary N) is 2. The first-order valence-electron chi connectivity index (χ1n) is 7.65. The van der Waals surface area contributed by atoms with E-state index >= 15 is 0 Å². The molecule has 1 aromatic carbocycles. The van der Waals surface area contributed by atoms with E-state index in [1.165, 1.54) is 11.1 Å². The van der Waals surface area contributed by atoms with Gasteiger partial charge < -0.3 is 15.4 Å². The minimum absolute atomic E-state index is 0.0696. The Morgan fingerprint density at radius 3 is 3.19 bits per heavy atom. The number of rotatable bonds is 3. The van der Waals surface area contributed by atoms with Crippen molar-refractivity contribution in [2.45, 2.75) is 18.6 Å². The number of amides is 1. The average Bonchev–Trinajstić information content (AvgIpc) is 2.55. The highest BCUT2D eigenvalue weighted by Gasteiger charge is 2.31. The number of piperazine rings is 1. The van der Waals surface area contributed by atoms with Gasteiger partial charge in [0.2, 0.25) is 5.91 Å². The maximum absolute atomic E-state index is 12.0. The molecule has 0 bridgehead atoms. The molecule has 0 aliphatic carbocycles. The number of likely N-dealkylation sites (N-methyl/N-ethyl adjacent to an activating group) is 1. The van der Waals surface area contributed by atoms with Gasteiger partial charge in [-0.05, 0) is 17.5 Å². The van der Waals surface area contributed by atoms with Crippen molar-refractivity contribution in [3.63, 3.8) is 0 Å². The molecule has 2 atom stereocenters. The third-order valence-electron chi connectivity index (χ3n) is 4.40. The predicted molar refractivity (Wildman–Crippen MR) is 81.1 cm³/mol. The van der Waals surface area contributed by atoms with Crippen molar-refractivity contribution in [2.75, 3.05) is 39.8 Å². The zero-order valence-corrected chi connectivity index (χ0v) is 12.5. The minimum atomic E-state index is -0.110. The van der Waals surface area contributed by atoms with E-state index < -0.39 is 0 Å². The lowest BCUT2D eigenvalue weighted by atomic mass is 9.96. The largest absolute Gasteiger partial charge is 0.372 e. The van der Waals surface area contributed by atoms with Gasteiger partial charge in [0.1, 0.15) is 6.04 Å². The van der Waals surface area contributed by atoms with Gasteiger partial charge in [0, 0.05) is 33.2 Å². The fourth-order valence-corrected chi connectivity index (χ4v) is 3.23. The fourth-order valence-electron chi connectivity index (χ4n) is 3.23. The lowest BCUT2D eigenvalue weighted by molar-refractivity contribution is -0.127. The Labute approximate surface area is 125 Å². The molecule has 0 spiro atoms. The normalized spacial score (nSPS) is 26.1. The van der Waals surface area contributed by atoms with Crippen LogP contribution in [0.3, 0.4) is 0 Å². The van der Waals surface area contributed by atoms with Crippen molar-refractivity contribution in [3.8, 4) is 0 Å². The number of hydrogen-bond acceptors (Lipinski definition) is 4. The first-order valence-corrected chi connectivity index (χ1v) is 7.65. The Bertz CT molecular complexity index is 506. The summed E-state index contributed by atoms with van der Waals surface area (Å²) in [5, 5.41) is 6.05. The van der Waals surface area contributed by atoms with E-state index in [1.807, 2.05) is 0 Å². The molecule has 0 saturated carbocycles. The zero-order valence-electron chi connectivity index (χ0n) is 12.5. The van der Waals surface area contributed by atoms with Crippen molar-refractivity contribution < 1.29 is 9.53 Å². The Kier molecular flexibility index (Phi) is 4.53. The van der Waals surface area contributed by atoms with Crippen LogP contribution in [0.15, 0.2) is 24.3 Å². The summed E-state index contributed by atoms with van der Waals surface area (Å²) in [6.07, 6.45) is 1.05. The van der Waals surface area contributed by atoms with Crippen LogP contribution in [0, 0.1) is 0 Å². The van der Waals surface area contributed by atoms with Gasteiger partial charge in [-0.1, -0.05) is 24.3 Å². The Balaban J connectivity index is 1.75. The van der Waals surface area contributed by atoms with Gasteiger partial charge in [-0.3, -0.25) is 9.69 Å². The molecule has 114 valence electrons. The van der Waals surface area contributed by atoms with E-state index in [-0.39, 0.29) is 18.1 Å². The highest BCUT2D eigenvalue weighted by molar-refractivity contribution is 5.81. The second-order valence-corrected chi connectivity index (χ2v) is 5.64. The van der Waals surface area contributed by atoms with Gasteiger partial charge >= 0.3 is 0 Å². The molecule has 5 heteroatoms. The summed E-state index contributed by atoms with van der Waals surface area (Å²) in [5.41, 5.74) is 2.65. The molecule has 2 aliphatic rings. The Hall–Kier alpha value is -1.43. The van der Waals surface area contributed by atoms with Crippen molar-refractivity contribution in [3.05, 3.63) is 35.4 Å². The maximum Gasteiger partial charge on any atom is 0.238 e. The van der Waals surface area contributed by atoms with Crippen LogP contribution >= 0.6 is 0 Å². The standard InChI is InChI=1S/C16H23N3O2/c1-17-16(20)14-10-18-7-8-19(14)11-15-13-5-3-2-4-12(13)6-9-21-15/h2-5,14-15,18H,6-11H2,1H3,(H,17,20). The summed E-state index contributed by atoms with van der Waals surface area (Å²) in [7, 11) is 1.70. The summed E-state index contributed by atoms with van der Waals surface area (Å²) in [5.74, 6) is 0.0753. The van der Waals surface area contributed by atoms with Crippen LogP contribution in [-0.4, -0.2) is 56.7 Å². The van der Waals surface area contributed by atoms with Gasteiger partial charge in [-0.2, -0.15) is 0 Å². The van der Waals surface area contributed by atoms with Crippen molar-refractivity contribution in [2.24, 2.45) is 0 Å². The van der Waals surface area contributed by atoms with Crippen LogP contribution in [-0.2, 0) is 16.0 Å². The third kappa shape index (κ3) is 3.10. The van der Waals surface area contributed by atoms with Crippen molar-refractivity contribution in [1.82, 2.24) is 15.5 Å². The van der Waals surface area contributed by atoms with E-state index in [1.54, 1.807) is 7.05 Å². The summed E-state index contributed by atoms with van der Waals surface area (Å²) in [6, 6.07) is 8.37. The number of ether oxygens (including phenoxy) is 1. The fraction of sp³-hybridized carbons (Fsp3) is 0.562. The minimum Gasteiger partial charge on any atom is -0.372 e. The third-order valence-corrected chi connectivity index (χ3v) is 4.40.